The Kier molecular flexibility index (Phi) is 5.48. The number of pyridine rings is 1. The second-order valence-corrected chi connectivity index (χ2v) is 5.70. The number of nitrogens with zero attached hydrogens (tertiary/aromatic N) is 1. The van der Waals surface area contributed by atoms with Gasteiger partial charge in [-0.3, -0.25) is 0 Å². The molecule has 3 rings (SSSR count). The van der Waals surface area contributed by atoms with Crippen LogP contribution in [0, 0.1) is 0 Å². The number of carbonyl (C=O) groups excluding carboxylic acids is 2. The van der Waals surface area contributed by atoms with E-state index < -0.39 is 18.1 Å². The minimum atomic E-state index is -0.859. The fraction of sp³-hybridized carbons (Fsp3) is 0.211. The molecule has 0 saturated heterocycles. The summed E-state index contributed by atoms with van der Waals surface area (Å²) in [6, 6.07) is 12.2. The van der Waals surface area contributed by atoms with Gasteiger partial charge in [0.15, 0.2) is 0 Å². The number of ether oxygens (including phenoxy) is 2. The SMILES string of the molecule is COC(=O)C(Cc1c[nH]c2ncccc12)NC(=O)OCc1ccccc1. The molecule has 3 aromatic rings. The molecule has 7 nitrogen and oxygen atoms in total. The number of esters is 1. The van der Waals surface area contributed by atoms with Crippen LogP contribution in [0.3, 0.4) is 0 Å². The number of aromatic amines is 1. The predicted molar refractivity (Wildman–Crippen MR) is 95.4 cm³/mol. The van der Waals surface area contributed by atoms with E-state index in [0.29, 0.717) is 0 Å². The molecule has 1 amide bonds. The summed E-state index contributed by atoms with van der Waals surface area (Å²) in [5.41, 5.74) is 2.43. The van der Waals surface area contributed by atoms with E-state index >= 15 is 0 Å². The minimum absolute atomic E-state index is 0.123. The number of H-pyrrole nitrogens is 1. The second-order valence-electron chi connectivity index (χ2n) is 5.70. The van der Waals surface area contributed by atoms with Gasteiger partial charge in [-0.05, 0) is 23.3 Å². The van der Waals surface area contributed by atoms with E-state index in [0.717, 1.165) is 22.2 Å². The number of methoxy groups -OCH3 is 1. The Balaban J connectivity index is 1.66. The highest BCUT2D eigenvalue weighted by atomic mass is 16.6. The van der Waals surface area contributed by atoms with Gasteiger partial charge in [0.05, 0.1) is 7.11 Å². The largest absolute Gasteiger partial charge is 0.467 e. The monoisotopic (exact) mass is 353 g/mol. The summed E-state index contributed by atoms with van der Waals surface area (Å²) in [7, 11) is 1.28. The molecule has 1 atom stereocenters. The van der Waals surface area contributed by atoms with Crippen LogP contribution < -0.4 is 5.32 Å². The van der Waals surface area contributed by atoms with Crippen molar-refractivity contribution in [2.45, 2.75) is 19.1 Å². The van der Waals surface area contributed by atoms with E-state index in [4.69, 9.17) is 9.47 Å². The first-order valence-corrected chi connectivity index (χ1v) is 8.13. The van der Waals surface area contributed by atoms with Crippen molar-refractivity contribution in [2.75, 3.05) is 7.11 Å². The average molecular weight is 353 g/mol. The molecule has 0 aliphatic carbocycles. The normalized spacial score (nSPS) is 11.7. The molecule has 2 N–H and O–H groups in total. The molecule has 134 valence electrons. The van der Waals surface area contributed by atoms with E-state index in [1.165, 1.54) is 7.11 Å². The Hall–Kier alpha value is -3.35. The fourth-order valence-corrected chi connectivity index (χ4v) is 2.64. The Morgan fingerprint density at radius 3 is 2.77 bits per heavy atom. The first-order chi connectivity index (χ1) is 12.7. The molecule has 2 aromatic heterocycles. The average Bonchev–Trinajstić information content (AvgIpc) is 3.09. The lowest BCUT2D eigenvalue weighted by molar-refractivity contribution is -0.142. The first-order valence-electron chi connectivity index (χ1n) is 8.13. The molecule has 1 aromatic carbocycles. The van der Waals surface area contributed by atoms with E-state index in [1.807, 2.05) is 42.5 Å². The highest BCUT2D eigenvalue weighted by Gasteiger charge is 2.24. The standard InChI is InChI=1S/C19H19N3O4/c1-25-18(23)16(10-14-11-21-17-15(14)8-5-9-20-17)22-19(24)26-12-13-6-3-2-4-7-13/h2-9,11,16H,10,12H2,1H3,(H,20,21)(H,22,24). The molecule has 26 heavy (non-hydrogen) atoms. The lowest BCUT2D eigenvalue weighted by atomic mass is 10.1. The van der Waals surface area contributed by atoms with Crippen molar-refractivity contribution in [3.63, 3.8) is 0 Å². The van der Waals surface area contributed by atoms with Crippen molar-refractivity contribution in [3.8, 4) is 0 Å². The molecule has 7 heteroatoms. The number of nitrogens with one attached hydrogen (secondary N) is 2. The molecule has 0 bridgehead atoms. The summed E-state index contributed by atoms with van der Waals surface area (Å²) in [6.45, 7) is 0.123. The van der Waals surface area contributed by atoms with Gasteiger partial charge in [0.1, 0.15) is 18.3 Å². The number of amides is 1. The number of carbonyl (C=O) groups is 2. The van der Waals surface area contributed by atoms with Crippen LogP contribution in [0.1, 0.15) is 11.1 Å². The third kappa shape index (κ3) is 4.18. The zero-order valence-electron chi connectivity index (χ0n) is 14.3. The van der Waals surface area contributed by atoms with Gasteiger partial charge in [0, 0.05) is 24.2 Å². The topological polar surface area (TPSA) is 93.3 Å². The van der Waals surface area contributed by atoms with Crippen molar-refractivity contribution in [1.82, 2.24) is 15.3 Å². The smallest absolute Gasteiger partial charge is 0.408 e. The maximum atomic E-state index is 12.1. The van der Waals surface area contributed by atoms with Gasteiger partial charge in [0.2, 0.25) is 0 Å². The van der Waals surface area contributed by atoms with Gasteiger partial charge in [-0.15, -0.1) is 0 Å². The molecule has 2 heterocycles. The molecule has 0 radical (unpaired) electrons. The third-order valence-corrected chi connectivity index (χ3v) is 3.95. The van der Waals surface area contributed by atoms with Gasteiger partial charge in [-0.25, -0.2) is 14.6 Å². The zero-order chi connectivity index (χ0) is 18.4. The summed E-state index contributed by atoms with van der Waals surface area (Å²) < 4.78 is 9.98. The quantitative estimate of drug-likeness (QED) is 0.665. The molecule has 0 spiro atoms. The van der Waals surface area contributed by atoms with Crippen molar-refractivity contribution in [3.05, 3.63) is 66.0 Å². The van der Waals surface area contributed by atoms with E-state index in [9.17, 15) is 9.59 Å². The van der Waals surface area contributed by atoms with Crippen LogP contribution in [0.4, 0.5) is 4.79 Å². The van der Waals surface area contributed by atoms with Crippen LogP contribution in [0.5, 0.6) is 0 Å². The van der Waals surface area contributed by atoms with E-state index in [2.05, 4.69) is 15.3 Å². The molecule has 0 aliphatic rings. The first kappa shape index (κ1) is 17.5. The maximum absolute atomic E-state index is 12.1. The van der Waals surface area contributed by atoms with Gasteiger partial charge >= 0.3 is 12.1 Å². The molecule has 0 aliphatic heterocycles. The van der Waals surface area contributed by atoms with Crippen LogP contribution >= 0.6 is 0 Å². The predicted octanol–water partition coefficient (Wildman–Crippen LogP) is 2.57. The molecular weight excluding hydrogens is 334 g/mol. The third-order valence-electron chi connectivity index (χ3n) is 3.95. The van der Waals surface area contributed by atoms with Crippen LogP contribution in [0.15, 0.2) is 54.9 Å². The van der Waals surface area contributed by atoms with Crippen molar-refractivity contribution >= 4 is 23.1 Å². The van der Waals surface area contributed by atoms with Crippen LogP contribution in [0.2, 0.25) is 0 Å². The minimum Gasteiger partial charge on any atom is -0.467 e. The summed E-state index contributed by atoms with van der Waals surface area (Å²) >= 11 is 0. The van der Waals surface area contributed by atoms with E-state index in [1.54, 1.807) is 12.4 Å². The number of benzene rings is 1. The van der Waals surface area contributed by atoms with Crippen molar-refractivity contribution < 1.29 is 19.1 Å². The Labute approximate surface area is 150 Å². The Morgan fingerprint density at radius 1 is 1.19 bits per heavy atom. The molecule has 1 unspecified atom stereocenters. The van der Waals surface area contributed by atoms with Gasteiger partial charge in [0.25, 0.3) is 0 Å². The lowest BCUT2D eigenvalue weighted by Gasteiger charge is -2.16. The summed E-state index contributed by atoms with van der Waals surface area (Å²) in [5, 5.41) is 3.46. The summed E-state index contributed by atoms with van der Waals surface area (Å²) in [4.78, 5) is 31.4. The van der Waals surface area contributed by atoms with E-state index in [-0.39, 0.29) is 13.0 Å². The number of alkyl carbamates (subject to hydrolysis) is 1. The van der Waals surface area contributed by atoms with Crippen molar-refractivity contribution in [2.24, 2.45) is 0 Å². The number of hydrogen-bond acceptors (Lipinski definition) is 5. The van der Waals surface area contributed by atoms with Gasteiger partial charge < -0.3 is 19.8 Å². The van der Waals surface area contributed by atoms with Crippen LogP contribution in [0.25, 0.3) is 11.0 Å². The van der Waals surface area contributed by atoms with Gasteiger partial charge in [-0.2, -0.15) is 0 Å². The lowest BCUT2D eigenvalue weighted by Crippen LogP contribution is -2.43. The van der Waals surface area contributed by atoms with Crippen molar-refractivity contribution in [1.29, 1.82) is 0 Å². The zero-order valence-corrected chi connectivity index (χ0v) is 14.3. The molecular formula is C19H19N3O4. The highest BCUT2D eigenvalue weighted by molar-refractivity contribution is 5.84. The number of hydrogen-bond donors (Lipinski definition) is 2. The summed E-state index contributed by atoms with van der Waals surface area (Å²) in [5.74, 6) is -0.542. The number of fused-ring (bicyclic) bond motifs is 1. The summed E-state index contributed by atoms with van der Waals surface area (Å²) in [6.07, 6.45) is 3.03. The Bertz CT molecular complexity index is 892. The van der Waals surface area contributed by atoms with Gasteiger partial charge in [-0.1, -0.05) is 30.3 Å². The van der Waals surface area contributed by atoms with Crippen LogP contribution in [-0.4, -0.2) is 35.2 Å². The fourth-order valence-electron chi connectivity index (χ4n) is 2.64. The number of rotatable bonds is 6. The maximum Gasteiger partial charge on any atom is 0.408 e. The molecule has 0 fully saturated rings. The Morgan fingerprint density at radius 2 is 2.00 bits per heavy atom. The molecule has 0 saturated carbocycles. The number of aromatic nitrogens is 2. The highest BCUT2D eigenvalue weighted by Crippen LogP contribution is 2.17. The van der Waals surface area contributed by atoms with Crippen LogP contribution in [-0.2, 0) is 27.3 Å². The second kappa shape index (κ2) is 8.15.